The fourth-order valence-corrected chi connectivity index (χ4v) is 5.02. The van der Waals surface area contributed by atoms with E-state index in [1.807, 2.05) is 0 Å². The maximum atomic E-state index is 12.2. The summed E-state index contributed by atoms with van der Waals surface area (Å²) in [5.74, 6) is -6.14. The van der Waals surface area contributed by atoms with E-state index in [1.54, 1.807) is 0 Å². The first-order valence-corrected chi connectivity index (χ1v) is 14.5. The molecule has 0 aromatic heterocycles. The normalized spacial score (nSPS) is 30.0. The molecule has 264 valence electrons. The van der Waals surface area contributed by atoms with Gasteiger partial charge in [0.2, 0.25) is 6.29 Å². The van der Waals surface area contributed by atoms with Crippen molar-refractivity contribution in [3.63, 3.8) is 0 Å². The zero-order chi connectivity index (χ0) is 35.6. The van der Waals surface area contributed by atoms with Gasteiger partial charge in [-0.05, 0) is 6.58 Å². The van der Waals surface area contributed by atoms with Crippen molar-refractivity contribution >= 4 is 54.4 Å². The van der Waals surface area contributed by atoms with Crippen LogP contribution < -0.4 is 0 Å². The molecule has 19 heteroatoms. The summed E-state index contributed by atoms with van der Waals surface area (Å²) in [4.78, 5) is 83.3. The second-order valence-electron chi connectivity index (χ2n) is 10.2. The zero-order valence-electron chi connectivity index (χ0n) is 26.7. The molecule has 0 aliphatic carbocycles. The lowest BCUT2D eigenvalue weighted by molar-refractivity contribution is -0.367. The summed E-state index contributed by atoms with van der Waals surface area (Å²) >= 11 is 4.54. The van der Waals surface area contributed by atoms with E-state index in [1.165, 1.54) is 0 Å². The standard InChI is InChI=1S/C28H38O18S/c1-11(29)36-9-19-21(39-14(4)32)23(40-15(5)33)24(41-16(6)34)27(44-19)46-28-25(42-17(7)35)26(47)22(43-18(8)38-13(3)31)20(45-28)10-37-12(2)30/h19-28,47H,8-10H2,1-7H3/t19-,20-,21-,22-,23+,24-,25-,26+,27-,28-/m1/s1. The van der Waals surface area contributed by atoms with Crippen LogP contribution in [0, 0.1) is 0 Å². The lowest BCUT2D eigenvalue weighted by atomic mass is 9.97. The summed E-state index contributed by atoms with van der Waals surface area (Å²) in [7, 11) is 0. The fourth-order valence-electron chi connectivity index (χ4n) is 4.57. The van der Waals surface area contributed by atoms with Crippen molar-refractivity contribution in [3.8, 4) is 0 Å². The molecule has 0 aromatic rings. The van der Waals surface area contributed by atoms with Crippen molar-refractivity contribution < 1.29 is 85.7 Å². The lowest BCUT2D eigenvalue weighted by Gasteiger charge is -2.47. The minimum absolute atomic E-state index is 0.474. The average Bonchev–Trinajstić information content (AvgIpc) is 2.92. The van der Waals surface area contributed by atoms with Gasteiger partial charge in [-0.1, -0.05) is 0 Å². The van der Waals surface area contributed by atoms with E-state index in [2.05, 4.69) is 19.2 Å². The van der Waals surface area contributed by atoms with Crippen molar-refractivity contribution in [2.24, 2.45) is 0 Å². The van der Waals surface area contributed by atoms with E-state index in [-0.39, 0.29) is 0 Å². The van der Waals surface area contributed by atoms with E-state index < -0.39 is 122 Å². The molecule has 0 spiro atoms. The predicted octanol–water partition coefficient (Wildman–Crippen LogP) is 0.0237. The van der Waals surface area contributed by atoms with Crippen LogP contribution >= 0.6 is 12.6 Å². The summed E-state index contributed by atoms with van der Waals surface area (Å²) in [5, 5.41) is -1.17. The molecule has 0 aromatic carbocycles. The Hall–Kier alpha value is -3.94. The number of thiol groups is 1. The monoisotopic (exact) mass is 694 g/mol. The van der Waals surface area contributed by atoms with Crippen LogP contribution in [0.5, 0.6) is 0 Å². The second-order valence-corrected chi connectivity index (χ2v) is 10.8. The summed E-state index contributed by atoms with van der Waals surface area (Å²) in [5.41, 5.74) is 0. The van der Waals surface area contributed by atoms with E-state index in [0.29, 0.717) is 0 Å². The van der Waals surface area contributed by atoms with Crippen molar-refractivity contribution in [1.82, 2.24) is 0 Å². The molecular weight excluding hydrogens is 656 g/mol. The SMILES string of the molecule is C=C(OC(C)=O)O[C@H]1[C@H](S)[C@@H](OC(C)=O)[C@@H](O[C@H]2O[C@H](COC(C)=O)[C@@H](OC(C)=O)[C@H](OC(C)=O)[C@H]2OC(C)=O)O[C@@H]1COC(C)=O. The number of ether oxygens (including phenoxy) is 11. The quantitative estimate of drug-likeness (QED) is 0.116. The fraction of sp³-hybridized carbons (Fsp3) is 0.679. The molecule has 0 amide bonds. The Morgan fingerprint density at radius 1 is 0.532 bits per heavy atom. The molecule has 0 unspecified atom stereocenters. The van der Waals surface area contributed by atoms with Crippen molar-refractivity contribution in [1.29, 1.82) is 0 Å². The first-order valence-electron chi connectivity index (χ1n) is 14.0. The first kappa shape index (κ1) is 39.2. The van der Waals surface area contributed by atoms with Gasteiger partial charge in [0.15, 0.2) is 30.7 Å². The Morgan fingerprint density at radius 2 is 0.936 bits per heavy atom. The Labute approximate surface area is 274 Å². The highest BCUT2D eigenvalue weighted by atomic mass is 32.1. The first-order chi connectivity index (χ1) is 21.9. The molecule has 2 aliphatic heterocycles. The van der Waals surface area contributed by atoms with Gasteiger partial charge in [-0.15, -0.1) is 0 Å². The molecule has 2 rings (SSSR count). The molecule has 10 atom stereocenters. The number of carbonyl (C=O) groups excluding carboxylic acids is 7. The maximum absolute atomic E-state index is 12.2. The van der Waals surface area contributed by atoms with Gasteiger partial charge >= 0.3 is 41.8 Å². The van der Waals surface area contributed by atoms with Crippen molar-refractivity contribution in [3.05, 3.63) is 12.5 Å². The van der Waals surface area contributed by atoms with Crippen LogP contribution in [-0.2, 0) is 85.7 Å². The Morgan fingerprint density at radius 3 is 1.38 bits per heavy atom. The Kier molecular flexibility index (Phi) is 14.9. The highest BCUT2D eigenvalue weighted by Gasteiger charge is 2.56. The van der Waals surface area contributed by atoms with Crippen LogP contribution in [-0.4, -0.2) is 116 Å². The zero-order valence-corrected chi connectivity index (χ0v) is 27.6. The minimum Gasteiger partial charge on any atom is -0.463 e. The van der Waals surface area contributed by atoms with Crippen LogP contribution in [0.1, 0.15) is 48.5 Å². The van der Waals surface area contributed by atoms with Gasteiger partial charge in [0.1, 0.15) is 31.5 Å². The topological polar surface area (TPSA) is 221 Å². The highest BCUT2D eigenvalue weighted by Crippen LogP contribution is 2.36. The van der Waals surface area contributed by atoms with Crippen LogP contribution in [0.15, 0.2) is 12.5 Å². The minimum atomic E-state index is -1.75. The van der Waals surface area contributed by atoms with E-state index in [0.717, 1.165) is 48.5 Å². The maximum Gasteiger partial charge on any atom is 0.310 e. The molecule has 2 heterocycles. The van der Waals surface area contributed by atoms with Crippen LogP contribution in [0.3, 0.4) is 0 Å². The number of hydrogen-bond donors (Lipinski definition) is 1. The molecule has 0 bridgehead atoms. The lowest BCUT2D eigenvalue weighted by Crippen LogP contribution is -2.65. The summed E-state index contributed by atoms with van der Waals surface area (Å²) < 4.78 is 60.2. The summed E-state index contributed by atoms with van der Waals surface area (Å²) in [6.07, 6.45) is -13.4. The van der Waals surface area contributed by atoms with Gasteiger partial charge in [0, 0.05) is 48.5 Å². The third kappa shape index (κ3) is 12.3. The molecule has 2 saturated heterocycles. The smallest absolute Gasteiger partial charge is 0.310 e. The molecule has 2 fully saturated rings. The van der Waals surface area contributed by atoms with Gasteiger partial charge in [-0.2, -0.15) is 12.6 Å². The molecule has 47 heavy (non-hydrogen) atoms. The molecule has 0 saturated carbocycles. The molecule has 18 nitrogen and oxygen atoms in total. The van der Waals surface area contributed by atoms with E-state index in [9.17, 15) is 33.6 Å². The number of esters is 7. The Bertz CT molecular complexity index is 1200. The number of carbonyl (C=O) groups is 7. The van der Waals surface area contributed by atoms with Gasteiger partial charge in [-0.25, -0.2) is 0 Å². The summed E-state index contributed by atoms with van der Waals surface area (Å²) in [6, 6.07) is 0. The van der Waals surface area contributed by atoms with Gasteiger partial charge < -0.3 is 52.1 Å². The molecule has 0 N–H and O–H groups in total. The van der Waals surface area contributed by atoms with Gasteiger partial charge in [-0.3, -0.25) is 33.6 Å². The van der Waals surface area contributed by atoms with Gasteiger partial charge in [0.05, 0.1) is 5.25 Å². The summed E-state index contributed by atoms with van der Waals surface area (Å²) in [6.45, 7) is 10.0. The van der Waals surface area contributed by atoms with Crippen molar-refractivity contribution in [2.45, 2.75) is 109 Å². The average molecular weight is 695 g/mol. The second kappa shape index (κ2) is 17.8. The molecule has 0 radical (unpaired) electrons. The Balaban J connectivity index is 2.59. The van der Waals surface area contributed by atoms with Crippen LogP contribution in [0.25, 0.3) is 0 Å². The van der Waals surface area contributed by atoms with Crippen LogP contribution in [0.2, 0.25) is 0 Å². The predicted molar refractivity (Wildman–Crippen MR) is 152 cm³/mol. The number of rotatable bonds is 13. The largest absolute Gasteiger partial charge is 0.463 e. The van der Waals surface area contributed by atoms with E-state index in [4.69, 9.17) is 52.1 Å². The third-order valence-electron chi connectivity index (χ3n) is 6.11. The molecule has 2 aliphatic rings. The molecular formula is C28H38O18S. The number of hydrogen-bond acceptors (Lipinski definition) is 19. The van der Waals surface area contributed by atoms with E-state index >= 15 is 0 Å². The van der Waals surface area contributed by atoms with Crippen molar-refractivity contribution in [2.75, 3.05) is 13.2 Å². The van der Waals surface area contributed by atoms with Gasteiger partial charge in [0.25, 0.3) is 5.95 Å². The highest BCUT2D eigenvalue weighted by molar-refractivity contribution is 7.81. The van der Waals surface area contributed by atoms with Crippen LogP contribution in [0.4, 0.5) is 0 Å². The third-order valence-corrected chi connectivity index (χ3v) is 6.70.